The van der Waals surface area contributed by atoms with Gasteiger partial charge in [-0.1, -0.05) is 0 Å². The van der Waals surface area contributed by atoms with Crippen LogP contribution in [0.2, 0.25) is 0 Å². The number of rotatable bonds is 2. The topological polar surface area (TPSA) is 84.7 Å². The molecule has 1 heterocycles. The second-order valence-electron chi connectivity index (χ2n) is 4.39. The number of nitrogens with zero attached hydrogens (tertiary/aromatic N) is 1. The molecule has 1 aliphatic rings. The number of carbonyl (C=O) groups is 2. The predicted molar refractivity (Wildman–Crippen MR) is 70.9 cm³/mol. The van der Waals surface area contributed by atoms with Gasteiger partial charge in [-0.05, 0) is 24.6 Å². The SMILES string of the molecule is COc1ccc(C(=O)N2CCCNC(=O)C2)cc1N. The van der Waals surface area contributed by atoms with Crippen molar-refractivity contribution in [1.82, 2.24) is 10.2 Å². The van der Waals surface area contributed by atoms with Crippen LogP contribution in [-0.2, 0) is 4.79 Å². The van der Waals surface area contributed by atoms with Crippen LogP contribution in [-0.4, -0.2) is 43.5 Å². The van der Waals surface area contributed by atoms with Crippen LogP contribution in [0.15, 0.2) is 18.2 Å². The summed E-state index contributed by atoms with van der Waals surface area (Å²) in [4.78, 5) is 25.3. The van der Waals surface area contributed by atoms with E-state index in [-0.39, 0.29) is 18.4 Å². The Balaban J connectivity index is 2.18. The van der Waals surface area contributed by atoms with Crippen molar-refractivity contribution in [3.8, 4) is 5.75 Å². The molecule has 0 saturated carbocycles. The zero-order valence-corrected chi connectivity index (χ0v) is 10.8. The Morgan fingerprint density at radius 2 is 2.26 bits per heavy atom. The minimum Gasteiger partial charge on any atom is -0.495 e. The number of amides is 2. The average Bonchev–Trinajstić information content (AvgIpc) is 2.62. The molecule has 1 aliphatic heterocycles. The Morgan fingerprint density at radius 1 is 1.47 bits per heavy atom. The van der Waals surface area contributed by atoms with E-state index in [9.17, 15) is 9.59 Å². The average molecular weight is 263 g/mol. The second kappa shape index (κ2) is 5.60. The summed E-state index contributed by atoms with van der Waals surface area (Å²) in [5.74, 6) is 0.212. The molecule has 0 aliphatic carbocycles. The maximum absolute atomic E-state index is 12.3. The van der Waals surface area contributed by atoms with E-state index in [0.717, 1.165) is 6.42 Å². The molecular formula is C13H17N3O3. The van der Waals surface area contributed by atoms with Crippen LogP contribution in [0.1, 0.15) is 16.8 Å². The lowest BCUT2D eigenvalue weighted by Crippen LogP contribution is -2.37. The number of carbonyl (C=O) groups excluding carboxylic acids is 2. The van der Waals surface area contributed by atoms with Crippen LogP contribution in [0.4, 0.5) is 5.69 Å². The van der Waals surface area contributed by atoms with E-state index in [2.05, 4.69) is 5.32 Å². The lowest BCUT2D eigenvalue weighted by molar-refractivity contribution is -0.121. The van der Waals surface area contributed by atoms with Gasteiger partial charge in [0.1, 0.15) is 5.75 Å². The van der Waals surface area contributed by atoms with E-state index in [0.29, 0.717) is 30.1 Å². The van der Waals surface area contributed by atoms with E-state index in [1.165, 1.54) is 12.0 Å². The second-order valence-corrected chi connectivity index (χ2v) is 4.39. The van der Waals surface area contributed by atoms with Crippen molar-refractivity contribution < 1.29 is 14.3 Å². The van der Waals surface area contributed by atoms with Gasteiger partial charge in [-0.25, -0.2) is 0 Å². The fourth-order valence-electron chi connectivity index (χ4n) is 2.03. The summed E-state index contributed by atoms with van der Waals surface area (Å²) in [5.41, 5.74) is 6.66. The third-order valence-electron chi connectivity index (χ3n) is 3.03. The third-order valence-corrected chi connectivity index (χ3v) is 3.03. The lowest BCUT2D eigenvalue weighted by Gasteiger charge is -2.19. The Labute approximate surface area is 111 Å². The molecule has 2 amide bonds. The molecule has 6 heteroatoms. The quantitative estimate of drug-likeness (QED) is 0.749. The van der Waals surface area contributed by atoms with Gasteiger partial charge in [0.2, 0.25) is 5.91 Å². The molecule has 0 unspecified atom stereocenters. The van der Waals surface area contributed by atoms with Crippen LogP contribution >= 0.6 is 0 Å². The first-order valence-corrected chi connectivity index (χ1v) is 6.11. The number of nitrogens with two attached hydrogens (primary N) is 1. The summed E-state index contributed by atoms with van der Waals surface area (Å²) >= 11 is 0. The number of anilines is 1. The Morgan fingerprint density at radius 3 is 2.95 bits per heavy atom. The largest absolute Gasteiger partial charge is 0.495 e. The minimum absolute atomic E-state index is 0.0881. The smallest absolute Gasteiger partial charge is 0.254 e. The van der Waals surface area contributed by atoms with Crippen LogP contribution in [0, 0.1) is 0 Å². The molecule has 1 saturated heterocycles. The van der Waals surface area contributed by atoms with Gasteiger partial charge in [-0.3, -0.25) is 9.59 Å². The number of hydrogen-bond acceptors (Lipinski definition) is 4. The van der Waals surface area contributed by atoms with E-state index >= 15 is 0 Å². The van der Waals surface area contributed by atoms with Crippen LogP contribution in [0.5, 0.6) is 5.75 Å². The van der Waals surface area contributed by atoms with Gasteiger partial charge in [-0.15, -0.1) is 0 Å². The molecule has 19 heavy (non-hydrogen) atoms. The highest BCUT2D eigenvalue weighted by Crippen LogP contribution is 2.22. The molecule has 2 rings (SSSR count). The molecule has 6 nitrogen and oxygen atoms in total. The number of nitrogen functional groups attached to an aromatic ring is 1. The number of benzene rings is 1. The summed E-state index contributed by atoms with van der Waals surface area (Å²) in [5, 5.41) is 2.73. The molecule has 1 aromatic carbocycles. The predicted octanol–water partition coefficient (Wildman–Crippen LogP) is 0.240. The minimum atomic E-state index is -0.189. The zero-order chi connectivity index (χ0) is 13.8. The standard InChI is InChI=1S/C13H17N3O3/c1-19-11-4-3-9(7-10(11)14)13(18)16-6-2-5-15-12(17)8-16/h3-4,7H,2,5-6,8,14H2,1H3,(H,15,17). The van der Waals surface area contributed by atoms with Crippen molar-refractivity contribution in [3.05, 3.63) is 23.8 Å². The zero-order valence-electron chi connectivity index (χ0n) is 10.8. The summed E-state index contributed by atoms with van der Waals surface area (Å²) in [7, 11) is 1.52. The molecule has 3 N–H and O–H groups in total. The van der Waals surface area contributed by atoms with E-state index in [1.54, 1.807) is 18.2 Å². The Bertz CT molecular complexity index is 502. The molecule has 0 spiro atoms. The van der Waals surface area contributed by atoms with E-state index in [1.807, 2.05) is 0 Å². The summed E-state index contributed by atoms with van der Waals surface area (Å²) in [6.07, 6.45) is 0.753. The highest BCUT2D eigenvalue weighted by Gasteiger charge is 2.21. The fourth-order valence-corrected chi connectivity index (χ4v) is 2.03. The first kappa shape index (κ1) is 13.2. The molecule has 0 aromatic heterocycles. The van der Waals surface area contributed by atoms with Gasteiger partial charge in [0, 0.05) is 18.7 Å². The van der Waals surface area contributed by atoms with Crippen LogP contribution in [0.25, 0.3) is 0 Å². The number of hydrogen-bond donors (Lipinski definition) is 2. The molecule has 0 atom stereocenters. The van der Waals surface area contributed by atoms with Gasteiger partial charge in [0.25, 0.3) is 5.91 Å². The normalized spacial score (nSPS) is 15.6. The Hall–Kier alpha value is -2.24. The van der Waals surface area contributed by atoms with Gasteiger partial charge >= 0.3 is 0 Å². The first-order valence-electron chi connectivity index (χ1n) is 6.11. The lowest BCUT2D eigenvalue weighted by atomic mass is 10.1. The summed E-state index contributed by atoms with van der Waals surface area (Å²) in [6.45, 7) is 1.25. The van der Waals surface area contributed by atoms with E-state index < -0.39 is 0 Å². The molecule has 1 aromatic rings. The maximum atomic E-state index is 12.3. The van der Waals surface area contributed by atoms with Crippen molar-refractivity contribution in [2.24, 2.45) is 0 Å². The fraction of sp³-hybridized carbons (Fsp3) is 0.385. The van der Waals surface area contributed by atoms with Crippen molar-refractivity contribution in [2.75, 3.05) is 32.5 Å². The van der Waals surface area contributed by atoms with E-state index in [4.69, 9.17) is 10.5 Å². The monoisotopic (exact) mass is 263 g/mol. The molecule has 0 bridgehead atoms. The van der Waals surface area contributed by atoms with Crippen LogP contribution < -0.4 is 15.8 Å². The highest BCUT2D eigenvalue weighted by atomic mass is 16.5. The Kier molecular flexibility index (Phi) is 3.89. The van der Waals surface area contributed by atoms with Gasteiger partial charge < -0.3 is 20.7 Å². The summed E-state index contributed by atoms with van der Waals surface area (Å²) < 4.78 is 5.05. The molecule has 0 radical (unpaired) electrons. The highest BCUT2D eigenvalue weighted by molar-refractivity contribution is 5.97. The van der Waals surface area contributed by atoms with Crippen molar-refractivity contribution in [1.29, 1.82) is 0 Å². The van der Waals surface area contributed by atoms with Gasteiger partial charge in [0.05, 0.1) is 19.3 Å². The third kappa shape index (κ3) is 2.96. The van der Waals surface area contributed by atoms with Crippen molar-refractivity contribution >= 4 is 17.5 Å². The van der Waals surface area contributed by atoms with Gasteiger partial charge in [0.15, 0.2) is 0 Å². The number of ether oxygens (including phenoxy) is 1. The maximum Gasteiger partial charge on any atom is 0.254 e. The van der Waals surface area contributed by atoms with Crippen molar-refractivity contribution in [2.45, 2.75) is 6.42 Å². The molecule has 1 fully saturated rings. The number of methoxy groups -OCH3 is 1. The first-order chi connectivity index (χ1) is 9.11. The molecular weight excluding hydrogens is 246 g/mol. The van der Waals surface area contributed by atoms with Crippen molar-refractivity contribution in [3.63, 3.8) is 0 Å². The van der Waals surface area contributed by atoms with Crippen LogP contribution in [0.3, 0.4) is 0 Å². The summed E-state index contributed by atoms with van der Waals surface area (Å²) in [6, 6.07) is 4.88. The molecule has 102 valence electrons. The number of nitrogens with one attached hydrogen (secondary N) is 1. The van der Waals surface area contributed by atoms with Gasteiger partial charge in [-0.2, -0.15) is 0 Å².